The van der Waals surface area contributed by atoms with Crippen molar-refractivity contribution < 1.29 is 13.9 Å². The molecule has 0 spiro atoms. The summed E-state index contributed by atoms with van der Waals surface area (Å²) in [5.41, 5.74) is 3.97. The second-order valence-corrected chi connectivity index (χ2v) is 6.58. The largest absolute Gasteiger partial charge is 0.378 e. The van der Waals surface area contributed by atoms with Crippen molar-refractivity contribution in [2.45, 2.75) is 13.8 Å². The van der Waals surface area contributed by atoms with Gasteiger partial charge in [0.25, 0.3) is 0 Å². The average molecular weight is 353 g/mol. The summed E-state index contributed by atoms with van der Waals surface area (Å²) in [6, 6.07) is 7.16. The highest BCUT2D eigenvalue weighted by molar-refractivity contribution is 5.98. The number of Topliss-reactive ketones (excluding diaryl/α,β-unsaturated/α-hetero) is 1. The molecule has 0 N–H and O–H groups in total. The normalized spacial score (nSPS) is 14.8. The van der Waals surface area contributed by atoms with Gasteiger partial charge in [-0.1, -0.05) is 0 Å². The van der Waals surface area contributed by atoms with E-state index in [0.717, 1.165) is 29.9 Å². The van der Waals surface area contributed by atoms with E-state index in [4.69, 9.17) is 4.74 Å². The highest BCUT2D eigenvalue weighted by atomic mass is 19.1. The van der Waals surface area contributed by atoms with Gasteiger partial charge in [0.1, 0.15) is 11.5 Å². The van der Waals surface area contributed by atoms with Crippen molar-refractivity contribution in [2.75, 3.05) is 31.2 Å². The molecular formula is C20H20FN3O2. The van der Waals surface area contributed by atoms with E-state index < -0.39 is 0 Å². The quantitative estimate of drug-likeness (QED) is 0.676. The summed E-state index contributed by atoms with van der Waals surface area (Å²) in [6.45, 7) is 6.30. The molecule has 134 valence electrons. The number of anilines is 1. The van der Waals surface area contributed by atoms with Crippen molar-refractivity contribution in [1.82, 2.24) is 9.38 Å². The van der Waals surface area contributed by atoms with E-state index in [1.807, 2.05) is 22.7 Å². The molecule has 4 rings (SSSR count). The van der Waals surface area contributed by atoms with Gasteiger partial charge in [-0.2, -0.15) is 0 Å². The zero-order valence-electron chi connectivity index (χ0n) is 14.8. The number of halogens is 1. The smallest absolute Gasteiger partial charge is 0.176 e. The molecule has 0 radical (unpaired) electrons. The van der Waals surface area contributed by atoms with Gasteiger partial charge in [0.2, 0.25) is 0 Å². The van der Waals surface area contributed by atoms with E-state index in [1.165, 1.54) is 13.0 Å². The number of fused-ring (bicyclic) bond motifs is 1. The van der Waals surface area contributed by atoms with Gasteiger partial charge in [-0.05, 0) is 36.8 Å². The highest BCUT2D eigenvalue weighted by Gasteiger charge is 2.19. The fraction of sp³-hybridized carbons (Fsp3) is 0.300. The molecule has 0 aromatic carbocycles. The van der Waals surface area contributed by atoms with Crippen molar-refractivity contribution in [3.05, 3.63) is 53.7 Å². The summed E-state index contributed by atoms with van der Waals surface area (Å²) in [7, 11) is 0. The average Bonchev–Trinajstić information content (AvgIpc) is 3.01. The third-order valence-corrected chi connectivity index (χ3v) is 4.73. The zero-order chi connectivity index (χ0) is 18.3. The van der Waals surface area contributed by atoms with E-state index in [2.05, 4.69) is 9.88 Å². The molecule has 3 aromatic heterocycles. The maximum absolute atomic E-state index is 14.5. The summed E-state index contributed by atoms with van der Waals surface area (Å²) in [5.74, 6) is -0.456. The van der Waals surface area contributed by atoms with Crippen LogP contribution in [0.2, 0.25) is 0 Å². The van der Waals surface area contributed by atoms with Crippen LogP contribution in [-0.4, -0.2) is 41.5 Å². The SMILES string of the molecule is CC(=O)c1cc(-c2ncc(C)cc2F)c2cc(N3CCOCC3)ccn12. The summed E-state index contributed by atoms with van der Waals surface area (Å²) in [6.07, 6.45) is 3.51. The Hall–Kier alpha value is -2.73. The maximum Gasteiger partial charge on any atom is 0.176 e. The Balaban J connectivity index is 1.91. The second-order valence-electron chi connectivity index (χ2n) is 6.58. The number of carbonyl (C=O) groups is 1. The number of hydrogen-bond acceptors (Lipinski definition) is 4. The molecule has 1 aliphatic heterocycles. The number of aromatic nitrogens is 2. The minimum Gasteiger partial charge on any atom is -0.378 e. The molecule has 0 bridgehead atoms. The third-order valence-electron chi connectivity index (χ3n) is 4.73. The number of carbonyl (C=O) groups excluding carboxylic acids is 1. The van der Waals surface area contributed by atoms with Crippen LogP contribution in [0.4, 0.5) is 10.1 Å². The standard InChI is InChI=1S/C20H20FN3O2/c1-13-9-17(21)20(22-12-13)16-11-18(14(2)25)24-4-3-15(10-19(16)24)23-5-7-26-8-6-23/h3-4,9-12H,5-8H2,1-2H3. The van der Waals surface area contributed by atoms with Gasteiger partial charge in [0.15, 0.2) is 5.78 Å². The van der Waals surface area contributed by atoms with Crippen molar-refractivity contribution in [3.8, 4) is 11.3 Å². The van der Waals surface area contributed by atoms with Crippen LogP contribution in [0, 0.1) is 12.7 Å². The van der Waals surface area contributed by atoms with Crippen LogP contribution in [0.5, 0.6) is 0 Å². The van der Waals surface area contributed by atoms with Crippen LogP contribution in [0.25, 0.3) is 16.8 Å². The first-order valence-electron chi connectivity index (χ1n) is 8.66. The van der Waals surface area contributed by atoms with Crippen molar-refractivity contribution >= 4 is 17.0 Å². The summed E-state index contributed by atoms with van der Waals surface area (Å²) in [5, 5.41) is 0. The summed E-state index contributed by atoms with van der Waals surface area (Å²) < 4.78 is 21.8. The lowest BCUT2D eigenvalue weighted by atomic mass is 10.1. The van der Waals surface area contributed by atoms with Gasteiger partial charge in [-0.25, -0.2) is 4.39 Å². The molecule has 1 saturated heterocycles. The second kappa shape index (κ2) is 6.53. The minimum absolute atomic E-state index is 0.0714. The monoisotopic (exact) mass is 353 g/mol. The molecule has 0 unspecified atom stereocenters. The van der Waals surface area contributed by atoms with Crippen molar-refractivity contribution in [2.24, 2.45) is 0 Å². The Morgan fingerprint density at radius 2 is 2.00 bits per heavy atom. The lowest BCUT2D eigenvalue weighted by Gasteiger charge is -2.29. The van der Waals surface area contributed by atoms with Gasteiger partial charge in [-0.3, -0.25) is 9.78 Å². The molecule has 0 amide bonds. The third kappa shape index (κ3) is 2.86. The Morgan fingerprint density at radius 1 is 1.23 bits per heavy atom. The molecule has 4 heterocycles. The number of ketones is 1. The number of rotatable bonds is 3. The van der Waals surface area contributed by atoms with E-state index >= 15 is 0 Å². The molecule has 26 heavy (non-hydrogen) atoms. The van der Waals surface area contributed by atoms with Crippen LogP contribution in [-0.2, 0) is 4.74 Å². The van der Waals surface area contributed by atoms with Gasteiger partial charge in [-0.15, -0.1) is 0 Å². The predicted octanol–water partition coefficient (Wildman–Crippen LogP) is 3.49. The van der Waals surface area contributed by atoms with Gasteiger partial charge in [0, 0.05) is 43.7 Å². The minimum atomic E-state index is -0.385. The van der Waals surface area contributed by atoms with E-state index in [0.29, 0.717) is 24.5 Å². The number of aryl methyl sites for hydroxylation is 1. The van der Waals surface area contributed by atoms with Gasteiger partial charge in [0.05, 0.1) is 24.4 Å². The Labute approximate surface area is 151 Å². The van der Waals surface area contributed by atoms with Gasteiger partial charge < -0.3 is 14.0 Å². The van der Waals surface area contributed by atoms with E-state index in [9.17, 15) is 9.18 Å². The van der Waals surface area contributed by atoms with E-state index in [1.54, 1.807) is 19.2 Å². The Bertz CT molecular complexity index is 990. The maximum atomic E-state index is 14.5. The summed E-state index contributed by atoms with van der Waals surface area (Å²) in [4.78, 5) is 18.6. The number of hydrogen-bond donors (Lipinski definition) is 0. The molecule has 0 atom stereocenters. The topological polar surface area (TPSA) is 46.8 Å². The molecular weight excluding hydrogens is 333 g/mol. The number of pyridine rings is 2. The fourth-order valence-corrected chi connectivity index (χ4v) is 3.40. The molecule has 3 aromatic rings. The molecule has 1 aliphatic rings. The number of ether oxygens (including phenoxy) is 1. The lowest BCUT2D eigenvalue weighted by Crippen LogP contribution is -2.36. The van der Waals surface area contributed by atoms with E-state index in [-0.39, 0.29) is 17.3 Å². The number of nitrogens with zero attached hydrogens (tertiary/aromatic N) is 3. The molecule has 1 fully saturated rings. The summed E-state index contributed by atoms with van der Waals surface area (Å²) >= 11 is 0. The fourth-order valence-electron chi connectivity index (χ4n) is 3.40. The van der Waals surface area contributed by atoms with Gasteiger partial charge >= 0.3 is 0 Å². The van der Waals surface area contributed by atoms with Crippen LogP contribution in [0.1, 0.15) is 23.0 Å². The lowest BCUT2D eigenvalue weighted by molar-refractivity contribution is 0.101. The Morgan fingerprint density at radius 3 is 2.69 bits per heavy atom. The zero-order valence-corrected chi connectivity index (χ0v) is 14.8. The van der Waals surface area contributed by atoms with Crippen molar-refractivity contribution in [1.29, 1.82) is 0 Å². The predicted molar refractivity (Wildman–Crippen MR) is 98.4 cm³/mol. The van der Waals surface area contributed by atoms with Crippen LogP contribution in [0.15, 0.2) is 36.7 Å². The van der Waals surface area contributed by atoms with Crippen molar-refractivity contribution in [3.63, 3.8) is 0 Å². The molecule has 6 heteroatoms. The first-order chi connectivity index (χ1) is 12.5. The molecule has 5 nitrogen and oxygen atoms in total. The first-order valence-corrected chi connectivity index (χ1v) is 8.66. The number of morpholine rings is 1. The van der Waals surface area contributed by atoms with Crippen LogP contribution < -0.4 is 4.90 Å². The molecule has 0 aliphatic carbocycles. The Kier molecular flexibility index (Phi) is 4.20. The van der Waals surface area contributed by atoms with Crippen LogP contribution in [0.3, 0.4) is 0 Å². The molecule has 0 saturated carbocycles. The van der Waals surface area contributed by atoms with Crippen LogP contribution >= 0.6 is 0 Å². The first kappa shape index (κ1) is 16.7. The highest BCUT2D eigenvalue weighted by Crippen LogP contribution is 2.32.